The Bertz CT molecular complexity index is 1700. The first-order valence-corrected chi connectivity index (χ1v) is 13.8. The number of alkyl halides is 5. The van der Waals surface area contributed by atoms with Gasteiger partial charge in [-0.05, 0) is 31.5 Å². The smallest absolute Gasteiger partial charge is 0.392 e. The van der Waals surface area contributed by atoms with Crippen LogP contribution in [-0.4, -0.2) is 62.5 Å². The second kappa shape index (κ2) is 10.1. The van der Waals surface area contributed by atoms with E-state index in [1.165, 1.54) is 6.92 Å². The molecule has 0 saturated carbocycles. The Kier molecular flexibility index (Phi) is 7.10. The summed E-state index contributed by atoms with van der Waals surface area (Å²) in [5.74, 6) is -0.874. The lowest BCUT2D eigenvalue weighted by Crippen LogP contribution is -2.29. The number of hydrogen-bond acceptors (Lipinski definition) is 8. The van der Waals surface area contributed by atoms with Gasteiger partial charge in [0, 0.05) is 18.7 Å². The first kappa shape index (κ1) is 28.0. The number of carbonyl (C=O) groups is 1. The number of aryl methyl sites for hydroxylation is 1. The van der Waals surface area contributed by atoms with Gasteiger partial charge < -0.3 is 5.11 Å². The fourth-order valence-corrected chi connectivity index (χ4v) is 7.20. The number of nitrogens with zero attached hydrogens (tertiary/aromatic N) is 5. The summed E-state index contributed by atoms with van der Waals surface area (Å²) >= 11 is 0.683. The maximum absolute atomic E-state index is 13.9. The van der Waals surface area contributed by atoms with Gasteiger partial charge in [-0.3, -0.25) is 10.1 Å². The molecule has 1 aliphatic rings. The number of benzene rings is 1. The minimum absolute atomic E-state index is 0.0663. The number of amides is 1. The summed E-state index contributed by atoms with van der Waals surface area (Å²) in [6.45, 7) is 1.50. The Morgan fingerprint density at radius 2 is 1.90 bits per heavy atom. The Hall–Kier alpha value is -3.54. The van der Waals surface area contributed by atoms with Gasteiger partial charge >= 0.3 is 6.18 Å². The van der Waals surface area contributed by atoms with Gasteiger partial charge in [0.05, 0.1) is 29.3 Å². The third kappa shape index (κ3) is 5.16. The molecule has 1 fully saturated rings. The van der Waals surface area contributed by atoms with Gasteiger partial charge in [-0.1, -0.05) is 23.5 Å². The SMILES string of the molecule is Cc1nc(NC(=O)c2cnn3c(C(F)F)cc(-c4ccc(C(F)(F)F)cc4)nc23)sc1S(=O)(=O)N1CC[C@H](O)C1. The van der Waals surface area contributed by atoms with Gasteiger partial charge in [0.15, 0.2) is 15.0 Å². The van der Waals surface area contributed by atoms with Crippen molar-refractivity contribution in [1.29, 1.82) is 0 Å². The van der Waals surface area contributed by atoms with Crippen LogP contribution in [0.3, 0.4) is 0 Å². The lowest BCUT2D eigenvalue weighted by molar-refractivity contribution is -0.137. The van der Waals surface area contributed by atoms with E-state index in [1.54, 1.807) is 0 Å². The maximum Gasteiger partial charge on any atom is 0.416 e. The average molecular weight is 603 g/mol. The molecule has 1 saturated heterocycles. The zero-order valence-corrected chi connectivity index (χ0v) is 22.0. The van der Waals surface area contributed by atoms with Crippen molar-refractivity contribution in [3.63, 3.8) is 0 Å². The molecule has 0 spiro atoms. The molecule has 1 aromatic carbocycles. The summed E-state index contributed by atoms with van der Waals surface area (Å²) in [4.78, 5) is 21.4. The van der Waals surface area contributed by atoms with Crippen LogP contribution >= 0.6 is 11.3 Å². The van der Waals surface area contributed by atoms with Gasteiger partial charge in [-0.2, -0.15) is 22.6 Å². The molecule has 0 radical (unpaired) electrons. The highest BCUT2D eigenvalue weighted by molar-refractivity contribution is 7.91. The van der Waals surface area contributed by atoms with E-state index in [9.17, 15) is 40.3 Å². The highest BCUT2D eigenvalue weighted by atomic mass is 32.2. The fourth-order valence-electron chi connectivity index (χ4n) is 4.17. The monoisotopic (exact) mass is 602 g/mol. The largest absolute Gasteiger partial charge is 0.416 e. The van der Waals surface area contributed by atoms with Crippen molar-refractivity contribution >= 4 is 38.0 Å². The Morgan fingerprint density at radius 1 is 1.20 bits per heavy atom. The zero-order valence-electron chi connectivity index (χ0n) is 20.4. The molecule has 17 heteroatoms. The summed E-state index contributed by atoms with van der Waals surface area (Å²) < 4.78 is 94.2. The molecule has 4 aromatic rings. The van der Waals surface area contributed by atoms with E-state index in [-0.39, 0.29) is 57.0 Å². The first-order valence-electron chi connectivity index (χ1n) is 11.6. The van der Waals surface area contributed by atoms with Crippen LogP contribution in [0.25, 0.3) is 16.9 Å². The number of carbonyl (C=O) groups excluding carboxylic acids is 1. The Morgan fingerprint density at radius 3 is 2.50 bits per heavy atom. The predicted molar refractivity (Wildman–Crippen MR) is 133 cm³/mol. The summed E-state index contributed by atoms with van der Waals surface area (Å²) in [5, 5.41) is 15.9. The normalized spacial score (nSPS) is 16.8. The van der Waals surface area contributed by atoms with Crippen LogP contribution in [0.1, 0.15) is 40.2 Å². The van der Waals surface area contributed by atoms with Crippen molar-refractivity contribution in [1.82, 2.24) is 23.9 Å². The molecule has 4 heterocycles. The predicted octanol–water partition coefficient (Wildman–Crippen LogP) is 4.13. The minimum Gasteiger partial charge on any atom is -0.392 e. The number of aliphatic hydroxyl groups is 1. The van der Waals surface area contributed by atoms with Crippen LogP contribution in [0.4, 0.5) is 27.1 Å². The van der Waals surface area contributed by atoms with Crippen LogP contribution in [0.15, 0.2) is 40.7 Å². The van der Waals surface area contributed by atoms with E-state index >= 15 is 0 Å². The van der Waals surface area contributed by atoms with Gasteiger partial charge in [-0.15, -0.1) is 0 Å². The van der Waals surface area contributed by atoms with E-state index in [2.05, 4.69) is 20.4 Å². The van der Waals surface area contributed by atoms with E-state index < -0.39 is 45.9 Å². The van der Waals surface area contributed by atoms with Gasteiger partial charge in [0.1, 0.15) is 11.3 Å². The van der Waals surface area contributed by atoms with Crippen LogP contribution < -0.4 is 5.32 Å². The quantitative estimate of drug-likeness (QED) is 0.318. The number of hydrogen-bond donors (Lipinski definition) is 2. The Balaban J connectivity index is 1.48. The van der Waals surface area contributed by atoms with E-state index in [1.807, 2.05) is 0 Å². The molecule has 1 aliphatic heterocycles. The fraction of sp³-hybridized carbons (Fsp3) is 0.304. The summed E-state index contributed by atoms with van der Waals surface area (Å²) in [7, 11) is -3.97. The molecule has 212 valence electrons. The molecule has 10 nitrogen and oxygen atoms in total. The standard InChI is InChI=1S/C23H19F5N6O4S2/c1-11-21(40(37,38)33-7-6-14(35)10-33)39-22(30-11)32-20(36)15-9-29-34-17(18(24)25)8-16(31-19(15)34)12-2-4-13(5-3-12)23(26,27)28/h2-5,8-9,14,18,35H,6-7,10H2,1H3,(H,30,32,36)/t14-/m0/s1. The third-order valence-corrected chi connectivity index (χ3v) is 9.68. The number of β-amino-alcohol motifs (C(OH)–C–C–N with tert-alkyl or cyclic N) is 1. The maximum atomic E-state index is 13.9. The molecular weight excluding hydrogens is 583 g/mol. The highest BCUT2D eigenvalue weighted by Crippen LogP contribution is 2.34. The van der Waals surface area contributed by atoms with Crippen molar-refractivity contribution in [2.75, 3.05) is 18.4 Å². The van der Waals surface area contributed by atoms with E-state index in [4.69, 9.17) is 0 Å². The number of rotatable bonds is 6. The number of anilines is 1. The minimum atomic E-state index is -4.59. The van der Waals surface area contributed by atoms with Gasteiger partial charge in [0.2, 0.25) is 0 Å². The van der Waals surface area contributed by atoms with E-state index in [0.717, 1.165) is 45.3 Å². The van der Waals surface area contributed by atoms with E-state index in [0.29, 0.717) is 11.3 Å². The zero-order chi connectivity index (χ0) is 29.0. The third-order valence-electron chi connectivity index (χ3n) is 6.15. The number of halogens is 5. The second-order valence-corrected chi connectivity index (χ2v) is 12.0. The van der Waals surface area contributed by atoms with Gasteiger partial charge in [0.25, 0.3) is 22.4 Å². The first-order chi connectivity index (χ1) is 18.8. The van der Waals surface area contributed by atoms with Crippen molar-refractivity contribution in [2.45, 2.75) is 36.3 Å². The average Bonchev–Trinajstić information content (AvgIpc) is 3.61. The molecule has 1 atom stereocenters. The molecule has 0 aliphatic carbocycles. The second-order valence-electron chi connectivity index (χ2n) is 8.89. The molecule has 1 amide bonds. The number of thiazole rings is 1. The molecule has 2 N–H and O–H groups in total. The highest BCUT2D eigenvalue weighted by Gasteiger charge is 2.35. The summed E-state index contributed by atoms with van der Waals surface area (Å²) in [5.41, 5.74) is -2.03. The summed E-state index contributed by atoms with van der Waals surface area (Å²) in [6.07, 6.45) is -7.16. The molecule has 3 aromatic heterocycles. The van der Waals surface area contributed by atoms with Crippen molar-refractivity contribution in [3.8, 4) is 11.3 Å². The van der Waals surface area contributed by atoms with Crippen LogP contribution in [0.5, 0.6) is 0 Å². The molecular formula is C23H19F5N6O4S2. The molecule has 0 unspecified atom stereocenters. The van der Waals surface area contributed by atoms with Crippen LogP contribution in [0.2, 0.25) is 0 Å². The topological polar surface area (TPSA) is 130 Å². The number of sulfonamides is 1. The number of nitrogens with one attached hydrogen (secondary N) is 1. The lowest BCUT2D eigenvalue weighted by atomic mass is 10.1. The number of aromatic nitrogens is 4. The molecule has 40 heavy (non-hydrogen) atoms. The number of aliphatic hydroxyl groups excluding tert-OH is 1. The van der Waals surface area contributed by atoms with Crippen molar-refractivity contribution < 1.29 is 40.3 Å². The van der Waals surface area contributed by atoms with Crippen LogP contribution in [0, 0.1) is 6.92 Å². The molecule has 5 rings (SSSR count). The van der Waals surface area contributed by atoms with Crippen LogP contribution in [-0.2, 0) is 16.2 Å². The van der Waals surface area contributed by atoms with Crippen molar-refractivity contribution in [3.05, 3.63) is 59.0 Å². The lowest BCUT2D eigenvalue weighted by Gasteiger charge is -2.14. The molecule has 0 bridgehead atoms. The van der Waals surface area contributed by atoms with Gasteiger partial charge in [-0.25, -0.2) is 31.7 Å². The Labute approximate surface area is 227 Å². The number of fused-ring (bicyclic) bond motifs is 1. The summed E-state index contributed by atoms with van der Waals surface area (Å²) in [6, 6.07) is 4.68. The van der Waals surface area contributed by atoms with Crippen molar-refractivity contribution in [2.24, 2.45) is 0 Å².